The number of benzene rings is 2. The Morgan fingerprint density at radius 1 is 0.960 bits per heavy atom. The molecule has 0 unspecified atom stereocenters. The van der Waals surface area contributed by atoms with Crippen LogP contribution in [0, 0.1) is 11.6 Å². The van der Waals surface area contributed by atoms with Crippen LogP contribution in [0.2, 0.25) is 0 Å². The third-order valence-electron chi connectivity index (χ3n) is 4.38. The van der Waals surface area contributed by atoms with Gasteiger partial charge in [-0.3, -0.25) is 0 Å². The summed E-state index contributed by atoms with van der Waals surface area (Å²) in [6, 6.07) is 14.4. The van der Waals surface area contributed by atoms with Gasteiger partial charge in [-0.2, -0.15) is 0 Å². The first-order valence-electron chi connectivity index (χ1n) is 8.04. The molecule has 1 N–H and O–H groups in total. The van der Waals surface area contributed by atoms with E-state index in [4.69, 9.17) is 0 Å². The van der Waals surface area contributed by atoms with Crippen LogP contribution in [0.5, 0.6) is 0 Å². The molecule has 1 saturated heterocycles. The van der Waals surface area contributed by atoms with Crippen molar-refractivity contribution in [1.29, 1.82) is 0 Å². The SMILES string of the molecule is Cl.Fc1ccc2c(N3CCNCC3)cc(-c3ccccc3)nc2c1F. The molecule has 3 nitrogen and oxygen atoms in total. The Hall–Kier alpha value is -2.24. The molecule has 1 aromatic heterocycles. The number of nitrogens with one attached hydrogen (secondary N) is 1. The van der Waals surface area contributed by atoms with E-state index in [1.165, 1.54) is 6.07 Å². The molecule has 1 aliphatic heterocycles. The number of fused-ring (bicyclic) bond motifs is 1. The number of hydrogen-bond acceptors (Lipinski definition) is 3. The largest absolute Gasteiger partial charge is 0.368 e. The van der Waals surface area contributed by atoms with E-state index in [-0.39, 0.29) is 17.9 Å². The van der Waals surface area contributed by atoms with Gasteiger partial charge in [-0.05, 0) is 18.2 Å². The van der Waals surface area contributed by atoms with Crippen LogP contribution < -0.4 is 10.2 Å². The van der Waals surface area contributed by atoms with Gasteiger partial charge in [-0.25, -0.2) is 13.8 Å². The van der Waals surface area contributed by atoms with Gasteiger partial charge in [-0.1, -0.05) is 30.3 Å². The molecule has 1 fully saturated rings. The van der Waals surface area contributed by atoms with E-state index in [1.807, 2.05) is 36.4 Å². The van der Waals surface area contributed by atoms with E-state index in [0.717, 1.165) is 37.4 Å². The Labute approximate surface area is 151 Å². The Morgan fingerprint density at radius 3 is 2.40 bits per heavy atom. The summed E-state index contributed by atoms with van der Waals surface area (Å²) < 4.78 is 28.1. The van der Waals surface area contributed by atoms with Gasteiger partial charge in [0, 0.05) is 42.8 Å². The van der Waals surface area contributed by atoms with Gasteiger partial charge in [0.2, 0.25) is 0 Å². The van der Waals surface area contributed by atoms with Crippen LogP contribution in [0.25, 0.3) is 22.2 Å². The van der Waals surface area contributed by atoms with Crippen LogP contribution >= 0.6 is 12.4 Å². The summed E-state index contributed by atoms with van der Waals surface area (Å²) in [6.45, 7) is 3.39. The molecule has 0 spiro atoms. The summed E-state index contributed by atoms with van der Waals surface area (Å²) >= 11 is 0. The zero-order chi connectivity index (χ0) is 16.5. The molecular weight excluding hydrogens is 344 g/mol. The average Bonchev–Trinajstić information content (AvgIpc) is 2.65. The molecule has 0 bridgehead atoms. The topological polar surface area (TPSA) is 28.2 Å². The number of hydrogen-bond donors (Lipinski definition) is 1. The molecule has 0 aliphatic carbocycles. The maximum atomic E-state index is 14.4. The van der Waals surface area contributed by atoms with E-state index >= 15 is 0 Å². The Morgan fingerprint density at radius 2 is 1.68 bits per heavy atom. The standard InChI is InChI=1S/C19H17F2N3.ClH/c20-15-7-6-14-17(24-10-8-22-9-11-24)12-16(23-19(14)18(15)21)13-4-2-1-3-5-13;/h1-7,12,22H,8-11H2;1H. The van der Waals surface area contributed by atoms with Crippen molar-refractivity contribution in [3.05, 3.63) is 60.2 Å². The molecular formula is C19H18ClF2N3. The summed E-state index contributed by atoms with van der Waals surface area (Å²) in [5.74, 6) is -1.76. The molecule has 0 radical (unpaired) electrons. The summed E-state index contributed by atoms with van der Waals surface area (Å²) in [4.78, 5) is 6.60. The predicted molar refractivity (Wildman–Crippen MR) is 99.4 cm³/mol. The van der Waals surface area contributed by atoms with Gasteiger partial charge in [0.15, 0.2) is 11.6 Å². The monoisotopic (exact) mass is 361 g/mol. The second-order valence-electron chi connectivity index (χ2n) is 5.89. The van der Waals surface area contributed by atoms with Crippen molar-refractivity contribution in [3.8, 4) is 11.3 Å². The third kappa shape index (κ3) is 3.30. The smallest absolute Gasteiger partial charge is 0.185 e. The van der Waals surface area contributed by atoms with E-state index in [2.05, 4.69) is 15.2 Å². The van der Waals surface area contributed by atoms with Crippen molar-refractivity contribution < 1.29 is 8.78 Å². The van der Waals surface area contributed by atoms with Crippen LogP contribution in [0.1, 0.15) is 0 Å². The summed E-state index contributed by atoms with van der Waals surface area (Å²) in [5.41, 5.74) is 2.53. The van der Waals surface area contributed by atoms with Crippen LogP contribution in [0.3, 0.4) is 0 Å². The quantitative estimate of drug-likeness (QED) is 0.747. The highest BCUT2D eigenvalue weighted by atomic mass is 35.5. The molecule has 4 rings (SSSR count). The lowest BCUT2D eigenvalue weighted by molar-refractivity contribution is 0.515. The van der Waals surface area contributed by atoms with Gasteiger partial charge in [0.25, 0.3) is 0 Å². The van der Waals surface area contributed by atoms with E-state index in [0.29, 0.717) is 11.1 Å². The molecule has 1 aliphatic rings. The summed E-state index contributed by atoms with van der Waals surface area (Å²) in [6.07, 6.45) is 0. The molecule has 6 heteroatoms. The van der Waals surface area contributed by atoms with Crippen molar-refractivity contribution in [3.63, 3.8) is 0 Å². The van der Waals surface area contributed by atoms with Gasteiger partial charge >= 0.3 is 0 Å². The summed E-state index contributed by atoms with van der Waals surface area (Å²) in [7, 11) is 0. The second-order valence-corrected chi connectivity index (χ2v) is 5.89. The first-order valence-corrected chi connectivity index (χ1v) is 8.04. The fraction of sp³-hybridized carbons (Fsp3) is 0.211. The number of nitrogens with zero attached hydrogens (tertiary/aromatic N) is 2. The Balaban J connectivity index is 0.00000182. The first kappa shape index (κ1) is 17.6. The lowest BCUT2D eigenvalue weighted by atomic mass is 10.1. The molecule has 0 saturated carbocycles. The molecule has 25 heavy (non-hydrogen) atoms. The number of anilines is 1. The fourth-order valence-corrected chi connectivity index (χ4v) is 3.14. The maximum absolute atomic E-state index is 14.4. The highest BCUT2D eigenvalue weighted by Gasteiger charge is 2.19. The minimum Gasteiger partial charge on any atom is -0.368 e. The third-order valence-corrected chi connectivity index (χ3v) is 4.38. The van der Waals surface area contributed by atoms with Crippen LogP contribution in [-0.2, 0) is 0 Å². The normalized spacial score (nSPS) is 14.4. The molecule has 2 aromatic carbocycles. The van der Waals surface area contributed by atoms with E-state index < -0.39 is 11.6 Å². The van der Waals surface area contributed by atoms with E-state index in [1.54, 1.807) is 6.07 Å². The average molecular weight is 362 g/mol. The predicted octanol–water partition coefficient (Wildman–Crippen LogP) is 4.01. The minimum absolute atomic E-state index is 0. The van der Waals surface area contributed by atoms with Gasteiger partial charge in [0.1, 0.15) is 5.52 Å². The number of halogens is 3. The van der Waals surface area contributed by atoms with Gasteiger partial charge in [-0.15, -0.1) is 12.4 Å². The maximum Gasteiger partial charge on any atom is 0.185 e. The second kappa shape index (κ2) is 7.33. The molecule has 0 atom stereocenters. The van der Waals surface area contributed by atoms with Gasteiger partial charge < -0.3 is 10.2 Å². The fourth-order valence-electron chi connectivity index (χ4n) is 3.14. The van der Waals surface area contributed by atoms with Crippen LogP contribution in [0.15, 0.2) is 48.5 Å². The number of aromatic nitrogens is 1. The Bertz CT molecular complexity index is 881. The molecule has 0 amide bonds. The van der Waals surface area contributed by atoms with Crippen molar-refractivity contribution in [2.75, 3.05) is 31.1 Å². The highest BCUT2D eigenvalue weighted by Crippen LogP contribution is 2.33. The lowest BCUT2D eigenvalue weighted by Gasteiger charge is -2.30. The molecule has 2 heterocycles. The number of piperazine rings is 1. The minimum atomic E-state index is -0.887. The lowest BCUT2D eigenvalue weighted by Crippen LogP contribution is -2.43. The van der Waals surface area contributed by atoms with Crippen molar-refractivity contribution >= 4 is 29.0 Å². The van der Waals surface area contributed by atoms with Crippen molar-refractivity contribution in [2.24, 2.45) is 0 Å². The van der Waals surface area contributed by atoms with Crippen molar-refractivity contribution in [1.82, 2.24) is 10.3 Å². The number of pyridine rings is 1. The number of rotatable bonds is 2. The highest BCUT2D eigenvalue weighted by molar-refractivity contribution is 5.94. The summed E-state index contributed by atoms with van der Waals surface area (Å²) in [5, 5.41) is 3.96. The zero-order valence-electron chi connectivity index (χ0n) is 13.5. The van der Waals surface area contributed by atoms with Crippen LogP contribution in [-0.4, -0.2) is 31.2 Å². The van der Waals surface area contributed by atoms with Crippen LogP contribution in [0.4, 0.5) is 14.5 Å². The van der Waals surface area contributed by atoms with Gasteiger partial charge in [0.05, 0.1) is 5.69 Å². The molecule has 130 valence electrons. The Kier molecular flexibility index (Phi) is 5.16. The molecule has 3 aromatic rings. The zero-order valence-corrected chi connectivity index (χ0v) is 14.3. The van der Waals surface area contributed by atoms with Crippen molar-refractivity contribution in [2.45, 2.75) is 0 Å². The van der Waals surface area contributed by atoms with E-state index in [9.17, 15) is 8.78 Å². The first-order chi connectivity index (χ1) is 11.7.